The van der Waals surface area contributed by atoms with Gasteiger partial charge in [0.2, 0.25) is 17.7 Å². The largest absolute Gasteiger partial charge is 0.508 e. The van der Waals surface area contributed by atoms with E-state index in [2.05, 4.69) is 26.6 Å². The van der Waals surface area contributed by atoms with Gasteiger partial charge in [-0.2, -0.15) is 0 Å². The normalized spacial score (nSPS) is 11.5. The Morgan fingerprint density at radius 1 is 0.531 bits per heavy atom. The van der Waals surface area contributed by atoms with E-state index in [1.54, 1.807) is 85.8 Å². The Hall–Kier alpha value is -6.77. The van der Waals surface area contributed by atoms with E-state index in [9.17, 15) is 34.2 Å². The monoisotopic (exact) mass is 888 g/mol. The number of carbonyl (C=O) groups excluding carboxylic acids is 5. The molecule has 0 aliphatic carbocycles. The number of esters is 1. The van der Waals surface area contributed by atoms with Gasteiger partial charge in [0, 0.05) is 51.6 Å². The van der Waals surface area contributed by atoms with Gasteiger partial charge in [-0.15, -0.1) is 0 Å². The summed E-state index contributed by atoms with van der Waals surface area (Å²) in [5.74, 6) is 0.230. The minimum atomic E-state index is -0.421. The number of phenolic OH excluding ortho intramolecular Hbond substituents is 4. The fraction of sp³-hybridized carbons (Fsp3) is 0.408. The molecule has 2 unspecified atom stereocenters. The van der Waals surface area contributed by atoms with E-state index in [1.165, 1.54) is 18.2 Å². The molecule has 0 aromatic heterocycles. The van der Waals surface area contributed by atoms with Crippen molar-refractivity contribution in [3.63, 3.8) is 0 Å². The lowest BCUT2D eigenvalue weighted by Gasteiger charge is -2.21. The molecule has 350 valence electrons. The molecular weight excluding hydrogens is 819 g/mol. The third kappa shape index (κ3) is 21.8. The summed E-state index contributed by atoms with van der Waals surface area (Å²) >= 11 is 0. The van der Waals surface area contributed by atoms with Gasteiger partial charge in [0.15, 0.2) is 0 Å². The summed E-state index contributed by atoms with van der Waals surface area (Å²) in [5.41, 5.74) is 1.79. The number of nitrogens with one attached hydrogen (secondary N) is 5. The number of benzene rings is 4. The van der Waals surface area contributed by atoms with Gasteiger partial charge in [0.1, 0.15) is 29.6 Å². The second kappa shape index (κ2) is 28.0. The van der Waals surface area contributed by atoms with Crippen LogP contribution in [0.4, 0.5) is 27.5 Å². The van der Waals surface area contributed by atoms with Crippen LogP contribution in [0.2, 0.25) is 0 Å². The number of urea groups is 1. The predicted octanol–water partition coefficient (Wildman–Crippen LogP) is 10.0. The van der Waals surface area contributed by atoms with E-state index < -0.39 is 6.03 Å². The summed E-state index contributed by atoms with van der Waals surface area (Å²) in [6.07, 6.45) is 3.11. The molecule has 4 rings (SSSR count). The molecule has 5 amide bonds. The highest BCUT2D eigenvalue weighted by Gasteiger charge is 2.26. The van der Waals surface area contributed by atoms with Crippen LogP contribution in [0.15, 0.2) is 97.1 Å². The minimum absolute atomic E-state index is 0.00399. The van der Waals surface area contributed by atoms with Gasteiger partial charge in [0.05, 0.1) is 12.5 Å². The van der Waals surface area contributed by atoms with Gasteiger partial charge in [0.25, 0.3) is 0 Å². The first-order valence-corrected chi connectivity index (χ1v) is 21.4. The van der Waals surface area contributed by atoms with Crippen LogP contribution in [0.5, 0.6) is 23.0 Å². The van der Waals surface area contributed by atoms with Gasteiger partial charge < -0.3 is 51.7 Å². The SMILES string of the molecule is CCC(C)(C)C(=O)Nc1ccc(O)cc1.CCC(C)(C)C(=O)Nc1cccc(O)c1.CCC(C)C(=O)Nc1ccc(O)cc1.CCC(C)C(=O)OCCNC(=O)Nc1cccc(O)c1. The molecule has 0 saturated heterocycles. The predicted molar refractivity (Wildman–Crippen MR) is 253 cm³/mol. The molecule has 15 nitrogen and oxygen atoms in total. The number of hydrogen-bond donors (Lipinski definition) is 9. The molecule has 4 aromatic rings. The summed E-state index contributed by atoms with van der Waals surface area (Å²) in [7, 11) is 0. The van der Waals surface area contributed by atoms with Crippen LogP contribution >= 0.6 is 0 Å². The zero-order valence-corrected chi connectivity index (χ0v) is 38.9. The van der Waals surface area contributed by atoms with Gasteiger partial charge in [-0.25, -0.2) is 4.79 Å². The highest BCUT2D eigenvalue weighted by atomic mass is 16.5. The molecular formula is C49H69N5O10. The quantitative estimate of drug-likeness (QED) is 0.0311. The highest BCUT2D eigenvalue weighted by Crippen LogP contribution is 2.25. The van der Waals surface area contributed by atoms with Crippen LogP contribution in [0.1, 0.15) is 94.9 Å². The molecule has 0 aliphatic heterocycles. The van der Waals surface area contributed by atoms with Gasteiger partial charge >= 0.3 is 12.0 Å². The molecule has 0 spiro atoms. The van der Waals surface area contributed by atoms with Gasteiger partial charge in [-0.05, 0) is 98.5 Å². The average molecular weight is 888 g/mol. The van der Waals surface area contributed by atoms with E-state index in [0.717, 1.165) is 25.7 Å². The Morgan fingerprint density at radius 2 is 0.938 bits per heavy atom. The molecule has 15 heteroatoms. The number of carbonyl (C=O) groups is 5. The zero-order chi connectivity index (χ0) is 48.5. The fourth-order valence-electron chi connectivity index (χ4n) is 4.43. The molecule has 0 fully saturated rings. The van der Waals surface area contributed by atoms with Crippen molar-refractivity contribution in [3.8, 4) is 23.0 Å². The van der Waals surface area contributed by atoms with E-state index >= 15 is 0 Å². The molecule has 0 heterocycles. The molecule has 9 N–H and O–H groups in total. The van der Waals surface area contributed by atoms with Crippen molar-refractivity contribution >= 4 is 52.5 Å². The lowest BCUT2D eigenvalue weighted by molar-refractivity contribution is -0.147. The van der Waals surface area contributed by atoms with Crippen LogP contribution < -0.4 is 26.6 Å². The zero-order valence-electron chi connectivity index (χ0n) is 38.9. The first-order chi connectivity index (χ1) is 30.1. The van der Waals surface area contributed by atoms with Crippen LogP contribution in [0, 0.1) is 22.7 Å². The molecule has 64 heavy (non-hydrogen) atoms. The van der Waals surface area contributed by atoms with Crippen LogP contribution in [0.3, 0.4) is 0 Å². The van der Waals surface area contributed by atoms with Crippen LogP contribution in [-0.4, -0.2) is 63.3 Å². The minimum Gasteiger partial charge on any atom is -0.508 e. The number of aromatic hydroxyl groups is 4. The first kappa shape index (κ1) is 55.2. The molecule has 0 saturated carbocycles. The van der Waals surface area contributed by atoms with Crippen molar-refractivity contribution in [1.82, 2.24) is 5.32 Å². The Bertz CT molecular complexity index is 2050. The average Bonchev–Trinajstić information content (AvgIpc) is 3.26. The lowest BCUT2D eigenvalue weighted by Crippen LogP contribution is -2.32. The number of phenols is 4. The second-order valence-corrected chi connectivity index (χ2v) is 16.2. The highest BCUT2D eigenvalue weighted by molar-refractivity contribution is 5.95. The molecule has 2 atom stereocenters. The summed E-state index contributed by atoms with van der Waals surface area (Å²) in [5, 5.41) is 50.1. The molecule has 0 bridgehead atoms. The third-order valence-corrected chi connectivity index (χ3v) is 10.2. The smallest absolute Gasteiger partial charge is 0.319 e. The number of rotatable bonds is 15. The number of hydrogen-bond acceptors (Lipinski definition) is 10. The van der Waals surface area contributed by atoms with Crippen molar-refractivity contribution in [3.05, 3.63) is 97.1 Å². The Balaban J connectivity index is 0.000000431. The van der Waals surface area contributed by atoms with Crippen molar-refractivity contribution in [2.24, 2.45) is 22.7 Å². The van der Waals surface area contributed by atoms with E-state index in [0.29, 0.717) is 22.7 Å². The number of ether oxygens (including phenoxy) is 1. The summed E-state index contributed by atoms with van der Waals surface area (Å²) < 4.78 is 4.99. The topological polar surface area (TPSA) is 236 Å². The van der Waals surface area contributed by atoms with Crippen molar-refractivity contribution < 1.29 is 49.1 Å². The fourth-order valence-corrected chi connectivity index (χ4v) is 4.43. The van der Waals surface area contributed by atoms with Crippen molar-refractivity contribution in [2.45, 2.75) is 94.9 Å². The van der Waals surface area contributed by atoms with Crippen LogP contribution in [0.25, 0.3) is 0 Å². The third-order valence-electron chi connectivity index (χ3n) is 10.2. The molecule has 0 aliphatic rings. The van der Waals surface area contributed by atoms with Gasteiger partial charge in [-0.3, -0.25) is 19.2 Å². The summed E-state index contributed by atoms with van der Waals surface area (Å²) in [6, 6.07) is 25.3. The van der Waals surface area contributed by atoms with E-state index in [1.807, 2.05) is 62.3 Å². The standard InChI is InChI=1S/C14H20N2O4.2C12H17NO2.C11H15NO2/c1-3-10(2)13(18)20-8-7-15-14(19)16-11-5-4-6-12(17)9-11;1-4-12(2,3)11(15)13-9-5-7-10(14)8-6-9;1-4-12(2,3)11(15)13-9-6-5-7-10(14)8-9;1-3-8(2)11(14)12-9-4-6-10(13)7-5-9/h4-6,9-10,17H,3,7-8H2,1-2H3,(H2,15,16,19);2*5-8,14H,4H2,1-3H3,(H,13,15);4-8,13H,3H2,1-2H3,(H,12,14). The molecule has 0 radical (unpaired) electrons. The van der Waals surface area contributed by atoms with Crippen molar-refractivity contribution in [1.29, 1.82) is 0 Å². The lowest BCUT2D eigenvalue weighted by atomic mass is 9.89. The maximum absolute atomic E-state index is 11.8. The Labute approximate surface area is 378 Å². The summed E-state index contributed by atoms with van der Waals surface area (Å²) in [4.78, 5) is 57.9. The first-order valence-electron chi connectivity index (χ1n) is 21.4. The van der Waals surface area contributed by atoms with E-state index in [-0.39, 0.29) is 82.5 Å². The van der Waals surface area contributed by atoms with Crippen molar-refractivity contribution in [2.75, 3.05) is 34.4 Å². The van der Waals surface area contributed by atoms with E-state index in [4.69, 9.17) is 14.9 Å². The molecule has 4 aromatic carbocycles. The maximum Gasteiger partial charge on any atom is 0.319 e. The number of anilines is 4. The second-order valence-electron chi connectivity index (χ2n) is 16.2. The Morgan fingerprint density at radius 3 is 1.34 bits per heavy atom. The summed E-state index contributed by atoms with van der Waals surface area (Å²) in [6.45, 7) is 19.5. The van der Waals surface area contributed by atoms with Gasteiger partial charge in [-0.1, -0.05) is 81.4 Å². The number of amides is 5. The Kier molecular flexibility index (Phi) is 24.2. The maximum atomic E-state index is 11.8. The van der Waals surface area contributed by atoms with Crippen LogP contribution in [-0.2, 0) is 23.9 Å².